The Kier molecular flexibility index (Phi) is 2.44. The predicted octanol–water partition coefficient (Wildman–Crippen LogP) is 2.39. The summed E-state index contributed by atoms with van der Waals surface area (Å²) in [6, 6.07) is 10.6. The van der Waals surface area contributed by atoms with E-state index in [9.17, 15) is 4.79 Å². The van der Waals surface area contributed by atoms with Crippen LogP contribution in [0.5, 0.6) is 0 Å². The largest absolute Gasteiger partial charge is 0.233 e. The van der Waals surface area contributed by atoms with E-state index in [-0.39, 0.29) is 0 Å². The van der Waals surface area contributed by atoms with Gasteiger partial charge in [0.2, 0.25) is 0 Å². The number of hydrogen-bond acceptors (Lipinski definition) is 1. The zero-order valence-corrected chi connectivity index (χ0v) is 7.58. The van der Waals surface area contributed by atoms with E-state index < -0.39 is 0 Å². The van der Waals surface area contributed by atoms with Crippen LogP contribution in [-0.4, -0.2) is 5.94 Å². The zero-order valence-electron chi connectivity index (χ0n) is 7.58. The summed E-state index contributed by atoms with van der Waals surface area (Å²) in [5.41, 5.74) is 2.35. The van der Waals surface area contributed by atoms with Crippen LogP contribution in [0.15, 0.2) is 42.0 Å². The maximum atomic E-state index is 10.7. The molecule has 0 saturated carbocycles. The van der Waals surface area contributed by atoms with Crippen LogP contribution in [0.4, 0.5) is 0 Å². The summed E-state index contributed by atoms with van der Waals surface area (Å²) < 4.78 is 0. The fraction of sp³-hybridized carbons (Fsp3) is 0.0769. The topological polar surface area (TPSA) is 17.1 Å². The minimum atomic E-state index is 0.633. The average molecular weight is 180 g/mol. The molecule has 0 aromatic heterocycles. The van der Waals surface area contributed by atoms with Crippen molar-refractivity contribution in [1.29, 1.82) is 0 Å². The van der Waals surface area contributed by atoms with Crippen molar-refractivity contribution in [3.63, 3.8) is 0 Å². The third-order valence-corrected chi connectivity index (χ3v) is 2.07. The van der Waals surface area contributed by atoms with Gasteiger partial charge in [-0.25, -0.2) is 4.79 Å². The van der Waals surface area contributed by atoms with Crippen LogP contribution in [0.2, 0.25) is 0 Å². The Morgan fingerprint density at radius 1 is 1.36 bits per heavy atom. The molecule has 2 rings (SSSR count). The molecule has 1 aromatic rings. The third-order valence-electron chi connectivity index (χ3n) is 2.07. The number of benzene rings is 1. The van der Waals surface area contributed by atoms with Gasteiger partial charge in [-0.3, -0.25) is 0 Å². The van der Waals surface area contributed by atoms with Gasteiger partial charge in [-0.2, -0.15) is 0 Å². The fourth-order valence-corrected chi connectivity index (χ4v) is 1.39. The Balaban J connectivity index is 2.48. The molecule has 66 valence electrons. The molecular weight excluding hydrogens is 172 g/mol. The van der Waals surface area contributed by atoms with Crippen LogP contribution in [0, 0.1) is 12.1 Å². The molecular formula is C13H8O. The van der Waals surface area contributed by atoms with Crippen molar-refractivity contribution in [3.8, 4) is 0 Å². The highest BCUT2D eigenvalue weighted by molar-refractivity contribution is 5.87. The monoisotopic (exact) mass is 180 g/mol. The molecule has 0 fully saturated rings. The van der Waals surface area contributed by atoms with Gasteiger partial charge in [0.25, 0.3) is 0 Å². The first kappa shape index (κ1) is 8.74. The van der Waals surface area contributed by atoms with Gasteiger partial charge in [0, 0.05) is 17.6 Å². The Hall–Kier alpha value is -1.85. The predicted molar refractivity (Wildman–Crippen MR) is 54.9 cm³/mol. The van der Waals surface area contributed by atoms with E-state index in [1.807, 2.05) is 42.4 Å². The highest BCUT2D eigenvalue weighted by Gasteiger charge is 2.09. The molecule has 0 spiro atoms. The van der Waals surface area contributed by atoms with Gasteiger partial charge in [-0.05, 0) is 17.7 Å². The molecule has 0 bridgehead atoms. The quantitative estimate of drug-likeness (QED) is 0.606. The summed E-state index contributed by atoms with van der Waals surface area (Å²) in [5, 5.41) is 0. The van der Waals surface area contributed by atoms with Gasteiger partial charge in [0.15, 0.2) is 0 Å². The second kappa shape index (κ2) is 3.91. The van der Waals surface area contributed by atoms with E-state index in [0.29, 0.717) is 12.0 Å². The molecule has 0 aliphatic heterocycles. The van der Waals surface area contributed by atoms with E-state index in [2.05, 4.69) is 12.1 Å². The standard InChI is InChI=1S/C13H8O/c14-10-12-8-4-5-9-13(12)11-6-2-1-3-7-11/h1-6H,8H2. The van der Waals surface area contributed by atoms with Gasteiger partial charge in [0.1, 0.15) is 5.94 Å². The molecule has 0 heterocycles. The Morgan fingerprint density at radius 3 is 3.00 bits per heavy atom. The molecule has 0 saturated heterocycles. The lowest BCUT2D eigenvalue weighted by molar-refractivity contribution is 0.567. The highest BCUT2D eigenvalue weighted by atomic mass is 16.1. The molecule has 0 atom stereocenters. The SMILES string of the molecule is O=C=C1CC=C[C]=C1c1[c]cccc1. The first-order chi connectivity index (χ1) is 6.92. The second-order valence-electron chi connectivity index (χ2n) is 2.98. The van der Waals surface area contributed by atoms with Gasteiger partial charge < -0.3 is 0 Å². The van der Waals surface area contributed by atoms with E-state index in [4.69, 9.17) is 0 Å². The van der Waals surface area contributed by atoms with Crippen molar-refractivity contribution >= 4 is 11.5 Å². The lowest BCUT2D eigenvalue weighted by Crippen LogP contribution is -1.93. The van der Waals surface area contributed by atoms with Crippen molar-refractivity contribution in [1.82, 2.24) is 0 Å². The van der Waals surface area contributed by atoms with Crippen LogP contribution >= 0.6 is 0 Å². The number of rotatable bonds is 1. The average Bonchev–Trinajstić information content (AvgIpc) is 2.30. The summed E-state index contributed by atoms with van der Waals surface area (Å²) >= 11 is 0. The van der Waals surface area contributed by atoms with Crippen LogP contribution in [0.25, 0.3) is 5.57 Å². The van der Waals surface area contributed by atoms with E-state index in [0.717, 1.165) is 11.1 Å². The lowest BCUT2D eigenvalue weighted by atomic mass is 9.93. The summed E-state index contributed by atoms with van der Waals surface area (Å²) in [5.74, 6) is 1.95. The smallest absolute Gasteiger partial charge is 0.128 e. The Bertz CT molecular complexity index is 432. The van der Waals surface area contributed by atoms with Crippen molar-refractivity contribution in [2.45, 2.75) is 6.42 Å². The van der Waals surface area contributed by atoms with Gasteiger partial charge in [0.05, 0.1) is 0 Å². The molecule has 0 unspecified atom stereocenters. The van der Waals surface area contributed by atoms with Crippen LogP contribution in [0.3, 0.4) is 0 Å². The van der Waals surface area contributed by atoms with Crippen LogP contribution < -0.4 is 0 Å². The minimum Gasteiger partial charge on any atom is -0.233 e. The van der Waals surface area contributed by atoms with Gasteiger partial charge >= 0.3 is 0 Å². The molecule has 1 nitrogen and oxygen atoms in total. The maximum Gasteiger partial charge on any atom is 0.128 e. The van der Waals surface area contributed by atoms with E-state index in [1.54, 1.807) is 0 Å². The molecule has 1 aliphatic rings. The first-order valence-corrected chi connectivity index (χ1v) is 4.42. The molecule has 14 heavy (non-hydrogen) atoms. The van der Waals surface area contributed by atoms with Crippen molar-refractivity contribution in [2.75, 3.05) is 0 Å². The lowest BCUT2D eigenvalue weighted by Gasteiger charge is -2.08. The van der Waals surface area contributed by atoms with E-state index in [1.165, 1.54) is 0 Å². The fourth-order valence-electron chi connectivity index (χ4n) is 1.39. The third kappa shape index (κ3) is 1.59. The molecule has 1 aromatic carbocycles. The van der Waals surface area contributed by atoms with Crippen molar-refractivity contribution in [2.24, 2.45) is 0 Å². The zero-order chi connectivity index (χ0) is 9.80. The Labute approximate surface area is 83.1 Å². The first-order valence-electron chi connectivity index (χ1n) is 4.42. The molecule has 1 heteroatoms. The van der Waals surface area contributed by atoms with Crippen molar-refractivity contribution < 1.29 is 4.79 Å². The summed E-state index contributed by atoms with van der Waals surface area (Å²) in [7, 11) is 0. The van der Waals surface area contributed by atoms with Gasteiger partial charge in [-0.1, -0.05) is 36.4 Å². The highest BCUT2D eigenvalue weighted by Crippen LogP contribution is 2.25. The number of carbonyl (C=O) groups excluding carboxylic acids is 1. The maximum absolute atomic E-state index is 10.7. The Morgan fingerprint density at radius 2 is 2.29 bits per heavy atom. The number of hydrogen-bond donors (Lipinski definition) is 0. The number of allylic oxidation sites excluding steroid dienone is 5. The molecule has 0 N–H and O–H groups in total. The summed E-state index contributed by atoms with van der Waals surface area (Å²) in [4.78, 5) is 10.7. The summed E-state index contributed by atoms with van der Waals surface area (Å²) in [6.45, 7) is 0. The molecule has 0 amide bonds. The van der Waals surface area contributed by atoms with Crippen LogP contribution in [0.1, 0.15) is 12.0 Å². The second-order valence-corrected chi connectivity index (χ2v) is 2.98. The molecule has 2 radical (unpaired) electrons. The summed E-state index contributed by atoms with van der Waals surface area (Å²) in [6.07, 6.45) is 7.40. The van der Waals surface area contributed by atoms with E-state index >= 15 is 0 Å². The van der Waals surface area contributed by atoms with Crippen molar-refractivity contribution in [3.05, 3.63) is 59.7 Å². The normalized spacial score (nSPS) is 14.9. The minimum absolute atomic E-state index is 0.633. The van der Waals surface area contributed by atoms with Gasteiger partial charge in [-0.15, -0.1) is 0 Å². The van der Waals surface area contributed by atoms with Crippen LogP contribution in [-0.2, 0) is 4.79 Å². The molecule has 1 aliphatic carbocycles.